The van der Waals surface area contributed by atoms with Crippen LogP contribution in [0.5, 0.6) is 0 Å². The molecule has 0 saturated carbocycles. The SMILES string of the molecule is COC(=O)CNc1nccn2nc(C(F)(F)F)cc12. The van der Waals surface area contributed by atoms with Gasteiger partial charge in [0.15, 0.2) is 11.5 Å². The minimum atomic E-state index is -4.54. The van der Waals surface area contributed by atoms with E-state index >= 15 is 0 Å². The number of nitrogens with zero attached hydrogens (tertiary/aromatic N) is 3. The number of aromatic nitrogens is 3. The summed E-state index contributed by atoms with van der Waals surface area (Å²) in [5.74, 6) is -0.435. The second kappa shape index (κ2) is 4.75. The van der Waals surface area contributed by atoms with Crippen molar-refractivity contribution in [2.45, 2.75) is 6.18 Å². The fourth-order valence-electron chi connectivity index (χ4n) is 1.42. The summed E-state index contributed by atoms with van der Waals surface area (Å²) in [4.78, 5) is 14.8. The highest BCUT2D eigenvalue weighted by molar-refractivity contribution is 5.77. The van der Waals surface area contributed by atoms with Gasteiger partial charge in [0.1, 0.15) is 12.1 Å². The first kappa shape index (κ1) is 13.1. The van der Waals surface area contributed by atoms with Crippen LogP contribution in [0.15, 0.2) is 18.5 Å². The number of carbonyl (C=O) groups excluding carboxylic acids is 1. The van der Waals surface area contributed by atoms with Crippen LogP contribution in [0.2, 0.25) is 0 Å². The third-order valence-corrected chi connectivity index (χ3v) is 2.31. The van der Waals surface area contributed by atoms with Crippen molar-refractivity contribution < 1.29 is 22.7 Å². The number of anilines is 1. The summed E-state index contributed by atoms with van der Waals surface area (Å²) in [6.07, 6.45) is -1.97. The summed E-state index contributed by atoms with van der Waals surface area (Å²) in [7, 11) is 1.21. The Morgan fingerprint density at radius 3 is 2.89 bits per heavy atom. The van der Waals surface area contributed by atoms with E-state index in [2.05, 4.69) is 20.1 Å². The van der Waals surface area contributed by atoms with Crippen molar-refractivity contribution in [1.29, 1.82) is 0 Å². The number of ether oxygens (including phenoxy) is 1. The molecule has 0 atom stereocenters. The normalized spacial score (nSPS) is 11.6. The molecule has 0 radical (unpaired) electrons. The highest BCUT2D eigenvalue weighted by Gasteiger charge is 2.34. The summed E-state index contributed by atoms with van der Waals surface area (Å²) in [5.41, 5.74) is -0.902. The van der Waals surface area contributed by atoms with Gasteiger partial charge in [0.05, 0.1) is 7.11 Å². The molecule has 1 N–H and O–H groups in total. The molecule has 0 saturated heterocycles. The highest BCUT2D eigenvalue weighted by Crippen LogP contribution is 2.29. The molecule has 0 unspecified atom stereocenters. The average Bonchev–Trinajstić information content (AvgIpc) is 2.80. The maximum absolute atomic E-state index is 12.5. The largest absolute Gasteiger partial charge is 0.468 e. The summed E-state index contributed by atoms with van der Waals surface area (Å²) in [6, 6.07) is 0.854. The van der Waals surface area contributed by atoms with Crippen molar-refractivity contribution in [2.24, 2.45) is 0 Å². The first-order valence-electron chi connectivity index (χ1n) is 5.14. The number of carbonyl (C=O) groups is 1. The number of alkyl halides is 3. The molecule has 102 valence electrons. The fourth-order valence-corrected chi connectivity index (χ4v) is 1.42. The van der Waals surface area contributed by atoms with E-state index < -0.39 is 17.8 Å². The van der Waals surface area contributed by atoms with E-state index in [1.165, 1.54) is 19.5 Å². The van der Waals surface area contributed by atoms with E-state index in [1.807, 2.05) is 0 Å². The Morgan fingerprint density at radius 2 is 2.26 bits per heavy atom. The zero-order valence-electron chi connectivity index (χ0n) is 9.73. The Balaban J connectivity index is 2.34. The van der Waals surface area contributed by atoms with Gasteiger partial charge in [0, 0.05) is 18.5 Å². The number of esters is 1. The number of halogens is 3. The van der Waals surface area contributed by atoms with Gasteiger partial charge in [-0.1, -0.05) is 0 Å². The molecule has 0 spiro atoms. The van der Waals surface area contributed by atoms with Gasteiger partial charge >= 0.3 is 12.1 Å². The molecular weight excluding hydrogens is 265 g/mol. The summed E-state index contributed by atoms with van der Waals surface area (Å²) in [6.45, 7) is -0.199. The van der Waals surface area contributed by atoms with Crippen LogP contribution in [0.4, 0.5) is 19.0 Å². The maximum Gasteiger partial charge on any atom is 0.435 e. The molecule has 19 heavy (non-hydrogen) atoms. The van der Waals surface area contributed by atoms with Crippen LogP contribution in [-0.2, 0) is 15.7 Å². The molecule has 0 aliphatic carbocycles. The minimum Gasteiger partial charge on any atom is -0.468 e. The zero-order valence-corrected chi connectivity index (χ0v) is 9.73. The van der Waals surface area contributed by atoms with Gasteiger partial charge in [0.25, 0.3) is 0 Å². The van der Waals surface area contributed by atoms with Gasteiger partial charge in [-0.3, -0.25) is 4.79 Å². The van der Waals surface area contributed by atoms with E-state index in [9.17, 15) is 18.0 Å². The Kier molecular flexibility index (Phi) is 3.28. The maximum atomic E-state index is 12.5. The number of fused-ring (bicyclic) bond motifs is 1. The van der Waals surface area contributed by atoms with Crippen LogP contribution < -0.4 is 5.32 Å². The lowest BCUT2D eigenvalue weighted by Gasteiger charge is -2.04. The first-order chi connectivity index (χ1) is 8.91. The van der Waals surface area contributed by atoms with Gasteiger partial charge in [-0.25, -0.2) is 9.50 Å². The molecule has 0 aromatic carbocycles. The monoisotopic (exact) mass is 274 g/mol. The lowest BCUT2D eigenvalue weighted by Crippen LogP contribution is -2.16. The number of hydrogen-bond acceptors (Lipinski definition) is 5. The van der Waals surface area contributed by atoms with Crippen LogP contribution in [-0.4, -0.2) is 34.2 Å². The van der Waals surface area contributed by atoms with E-state index in [1.54, 1.807) is 0 Å². The van der Waals surface area contributed by atoms with Gasteiger partial charge in [-0.15, -0.1) is 0 Å². The molecule has 2 aromatic rings. The van der Waals surface area contributed by atoms with Crippen LogP contribution in [0.1, 0.15) is 5.69 Å². The van der Waals surface area contributed by atoms with Crippen molar-refractivity contribution in [2.75, 3.05) is 19.0 Å². The molecule has 9 heteroatoms. The molecule has 6 nitrogen and oxygen atoms in total. The lowest BCUT2D eigenvalue weighted by molar-refractivity contribution is -0.141. The average molecular weight is 274 g/mol. The van der Waals surface area contributed by atoms with Gasteiger partial charge < -0.3 is 10.1 Å². The molecule has 0 aliphatic rings. The minimum absolute atomic E-state index is 0.121. The predicted octanol–water partition coefficient (Wildman–Crippen LogP) is 1.33. The zero-order chi connectivity index (χ0) is 14.0. The second-order valence-electron chi connectivity index (χ2n) is 3.56. The van der Waals surface area contributed by atoms with E-state index in [0.29, 0.717) is 0 Å². The van der Waals surface area contributed by atoms with Gasteiger partial charge in [0.2, 0.25) is 0 Å². The molecule has 0 aliphatic heterocycles. The standard InChI is InChI=1S/C10H9F3N4O2/c1-19-8(18)5-15-9-6-4-7(10(11,12)13)16-17(6)3-2-14-9/h2-4H,5H2,1H3,(H,14,15). The van der Waals surface area contributed by atoms with Crippen LogP contribution in [0.3, 0.4) is 0 Å². The second-order valence-corrected chi connectivity index (χ2v) is 3.56. The third-order valence-electron chi connectivity index (χ3n) is 2.31. The Hall–Kier alpha value is -2.32. The van der Waals surface area contributed by atoms with Crippen LogP contribution >= 0.6 is 0 Å². The fraction of sp³-hybridized carbons (Fsp3) is 0.300. The summed E-state index contributed by atoms with van der Waals surface area (Å²) < 4.78 is 43.1. The molecule has 2 rings (SSSR count). The highest BCUT2D eigenvalue weighted by atomic mass is 19.4. The number of rotatable bonds is 3. The quantitative estimate of drug-likeness (QED) is 0.855. The van der Waals surface area contributed by atoms with Crippen LogP contribution in [0, 0.1) is 0 Å². The van der Waals surface area contributed by atoms with Crippen molar-refractivity contribution in [3.05, 3.63) is 24.2 Å². The Morgan fingerprint density at radius 1 is 1.53 bits per heavy atom. The molecular formula is C10H9F3N4O2. The summed E-state index contributed by atoms with van der Waals surface area (Å²) in [5, 5.41) is 5.98. The molecule has 0 bridgehead atoms. The number of nitrogens with one attached hydrogen (secondary N) is 1. The van der Waals surface area contributed by atoms with Crippen molar-refractivity contribution in [3.63, 3.8) is 0 Å². The van der Waals surface area contributed by atoms with E-state index in [-0.39, 0.29) is 17.9 Å². The van der Waals surface area contributed by atoms with E-state index in [0.717, 1.165) is 10.6 Å². The predicted molar refractivity (Wildman–Crippen MR) is 58.5 cm³/mol. The number of hydrogen-bond donors (Lipinski definition) is 1. The third kappa shape index (κ3) is 2.75. The molecule has 0 amide bonds. The Labute approximate surface area is 105 Å². The smallest absolute Gasteiger partial charge is 0.435 e. The van der Waals surface area contributed by atoms with Crippen molar-refractivity contribution in [1.82, 2.24) is 14.6 Å². The molecule has 2 aromatic heterocycles. The van der Waals surface area contributed by atoms with Gasteiger partial charge in [-0.05, 0) is 0 Å². The van der Waals surface area contributed by atoms with Crippen molar-refractivity contribution in [3.8, 4) is 0 Å². The summed E-state index contributed by atoms with van der Waals surface area (Å²) >= 11 is 0. The number of methoxy groups -OCH3 is 1. The lowest BCUT2D eigenvalue weighted by atomic mass is 10.3. The van der Waals surface area contributed by atoms with Gasteiger partial charge in [-0.2, -0.15) is 18.3 Å². The first-order valence-corrected chi connectivity index (χ1v) is 5.14. The topological polar surface area (TPSA) is 68.5 Å². The Bertz CT molecular complexity index is 608. The van der Waals surface area contributed by atoms with Crippen molar-refractivity contribution >= 4 is 17.3 Å². The molecule has 2 heterocycles. The van der Waals surface area contributed by atoms with Crippen LogP contribution in [0.25, 0.3) is 5.52 Å². The molecule has 0 fully saturated rings. The van der Waals surface area contributed by atoms with E-state index in [4.69, 9.17) is 0 Å².